The van der Waals surface area contributed by atoms with Crippen molar-refractivity contribution in [2.24, 2.45) is 4.99 Å². The summed E-state index contributed by atoms with van der Waals surface area (Å²) < 4.78 is 16.3. The number of rotatable bonds is 6. The second-order valence-corrected chi connectivity index (χ2v) is 6.34. The van der Waals surface area contributed by atoms with Gasteiger partial charge in [0.05, 0.1) is 12.2 Å². The number of hydrogen-bond donors (Lipinski definition) is 0. The van der Waals surface area contributed by atoms with Gasteiger partial charge in [-0.25, -0.2) is 14.6 Å². The lowest BCUT2D eigenvalue weighted by atomic mass is 10.2. The maximum atomic E-state index is 12.1. The van der Waals surface area contributed by atoms with Gasteiger partial charge < -0.3 is 14.2 Å². The minimum absolute atomic E-state index is 0.180. The SMILES string of the molecule is CCOC(=O)COc1cccc(/C=C2\N=C(c3ccccc3Br)OC2=O)c1. The van der Waals surface area contributed by atoms with Crippen LogP contribution in [0.25, 0.3) is 6.08 Å². The molecule has 0 unspecified atom stereocenters. The van der Waals surface area contributed by atoms with Crippen LogP contribution < -0.4 is 4.74 Å². The summed E-state index contributed by atoms with van der Waals surface area (Å²) in [6.45, 7) is 1.85. The first-order valence-corrected chi connectivity index (χ1v) is 9.02. The van der Waals surface area contributed by atoms with Crippen LogP contribution in [0, 0.1) is 0 Å². The number of hydrogen-bond acceptors (Lipinski definition) is 6. The summed E-state index contributed by atoms with van der Waals surface area (Å²) in [6, 6.07) is 14.3. The van der Waals surface area contributed by atoms with E-state index in [0.29, 0.717) is 23.5 Å². The number of aliphatic imine (C=N–C) groups is 1. The molecule has 1 heterocycles. The van der Waals surface area contributed by atoms with Crippen molar-refractivity contribution in [3.8, 4) is 5.75 Å². The summed E-state index contributed by atoms with van der Waals surface area (Å²) in [5.74, 6) is -0.242. The molecule has 0 amide bonds. The quantitative estimate of drug-likeness (QED) is 0.516. The van der Waals surface area contributed by atoms with Crippen LogP contribution in [0.1, 0.15) is 18.1 Å². The third-order valence-electron chi connectivity index (χ3n) is 3.55. The van der Waals surface area contributed by atoms with Crippen LogP contribution in [0.5, 0.6) is 5.75 Å². The Hall–Kier alpha value is -2.93. The van der Waals surface area contributed by atoms with Gasteiger partial charge in [0.2, 0.25) is 5.90 Å². The fourth-order valence-corrected chi connectivity index (χ4v) is 2.81. The van der Waals surface area contributed by atoms with E-state index < -0.39 is 11.9 Å². The Morgan fingerprint density at radius 1 is 1.22 bits per heavy atom. The number of cyclic esters (lactones) is 1. The van der Waals surface area contributed by atoms with Crippen LogP contribution in [-0.2, 0) is 19.1 Å². The van der Waals surface area contributed by atoms with E-state index in [0.717, 1.165) is 4.47 Å². The summed E-state index contributed by atoms with van der Waals surface area (Å²) in [4.78, 5) is 27.8. The highest BCUT2D eigenvalue weighted by Gasteiger charge is 2.25. The molecule has 0 bridgehead atoms. The molecule has 27 heavy (non-hydrogen) atoms. The molecule has 6 nitrogen and oxygen atoms in total. The summed E-state index contributed by atoms with van der Waals surface area (Å²) in [7, 11) is 0. The van der Waals surface area contributed by atoms with E-state index in [4.69, 9.17) is 14.2 Å². The number of nitrogens with zero attached hydrogens (tertiary/aromatic N) is 1. The van der Waals surface area contributed by atoms with Gasteiger partial charge in [-0.2, -0.15) is 0 Å². The van der Waals surface area contributed by atoms with Crippen molar-refractivity contribution in [3.05, 3.63) is 69.8 Å². The fourth-order valence-electron chi connectivity index (χ4n) is 2.36. The van der Waals surface area contributed by atoms with Gasteiger partial charge in [-0.3, -0.25) is 0 Å². The lowest BCUT2D eigenvalue weighted by Crippen LogP contribution is -2.14. The highest BCUT2D eigenvalue weighted by molar-refractivity contribution is 9.10. The van der Waals surface area contributed by atoms with Crippen molar-refractivity contribution in [3.63, 3.8) is 0 Å². The molecule has 0 radical (unpaired) electrons. The summed E-state index contributed by atoms with van der Waals surface area (Å²) in [5.41, 5.74) is 1.57. The molecular formula is C20H16BrNO5. The Labute approximate surface area is 164 Å². The van der Waals surface area contributed by atoms with Gasteiger partial charge in [0, 0.05) is 4.47 Å². The van der Waals surface area contributed by atoms with Crippen molar-refractivity contribution in [1.29, 1.82) is 0 Å². The zero-order valence-electron chi connectivity index (χ0n) is 14.5. The second kappa shape index (κ2) is 8.64. The Bertz CT molecular complexity index is 935. The normalized spacial score (nSPS) is 14.7. The molecule has 3 rings (SSSR count). The van der Waals surface area contributed by atoms with Crippen molar-refractivity contribution in [2.45, 2.75) is 6.92 Å². The predicted molar refractivity (Wildman–Crippen MR) is 103 cm³/mol. The maximum Gasteiger partial charge on any atom is 0.363 e. The van der Waals surface area contributed by atoms with Crippen molar-refractivity contribution >= 4 is 39.8 Å². The number of esters is 2. The molecule has 0 atom stereocenters. The molecule has 1 aliphatic heterocycles. The van der Waals surface area contributed by atoms with E-state index in [9.17, 15) is 9.59 Å². The van der Waals surface area contributed by atoms with Crippen LogP contribution in [0.15, 0.2) is 63.7 Å². The molecule has 0 aromatic heterocycles. The minimum Gasteiger partial charge on any atom is -0.482 e. The molecule has 0 saturated heterocycles. The maximum absolute atomic E-state index is 12.1. The highest BCUT2D eigenvalue weighted by atomic mass is 79.9. The van der Waals surface area contributed by atoms with Gasteiger partial charge in [0.15, 0.2) is 12.3 Å². The topological polar surface area (TPSA) is 74.2 Å². The lowest BCUT2D eigenvalue weighted by molar-refractivity contribution is -0.145. The molecule has 2 aromatic carbocycles. The van der Waals surface area contributed by atoms with Gasteiger partial charge >= 0.3 is 11.9 Å². The summed E-state index contributed by atoms with van der Waals surface area (Å²) in [6.07, 6.45) is 1.60. The van der Waals surface area contributed by atoms with Crippen molar-refractivity contribution < 1.29 is 23.8 Å². The van der Waals surface area contributed by atoms with E-state index in [1.807, 2.05) is 24.3 Å². The zero-order valence-corrected chi connectivity index (χ0v) is 16.1. The Morgan fingerprint density at radius 2 is 2.04 bits per heavy atom. The van der Waals surface area contributed by atoms with Gasteiger partial charge in [-0.05, 0) is 58.8 Å². The number of carbonyl (C=O) groups is 2. The average molecular weight is 430 g/mol. The Kier molecular flexibility index (Phi) is 6.03. The van der Waals surface area contributed by atoms with Gasteiger partial charge in [0.25, 0.3) is 0 Å². The van der Waals surface area contributed by atoms with E-state index in [-0.39, 0.29) is 18.2 Å². The molecule has 0 saturated carbocycles. The summed E-state index contributed by atoms with van der Waals surface area (Å²) in [5, 5.41) is 0. The molecule has 138 valence electrons. The molecule has 1 aliphatic rings. The third kappa shape index (κ3) is 4.83. The first-order chi connectivity index (χ1) is 13.1. The standard InChI is InChI=1S/C20H16BrNO5/c1-2-25-18(23)12-26-14-7-5-6-13(10-14)11-17-20(24)27-19(22-17)15-8-3-4-9-16(15)21/h3-11H,2,12H2,1H3/b17-11-. The van der Waals surface area contributed by atoms with Crippen LogP contribution in [0.3, 0.4) is 0 Å². The van der Waals surface area contributed by atoms with Crippen molar-refractivity contribution in [2.75, 3.05) is 13.2 Å². The van der Waals surface area contributed by atoms with Gasteiger partial charge in [-0.1, -0.05) is 24.3 Å². The van der Waals surface area contributed by atoms with Crippen LogP contribution >= 0.6 is 15.9 Å². The molecule has 0 spiro atoms. The fraction of sp³-hybridized carbons (Fsp3) is 0.150. The largest absolute Gasteiger partial charge is 0.482 e. The van der Waals surface area contributed by atoms with E-state index in [1.165, 1.54) is 0 Å². The first kappa shape index (κ1) is 18.8. The van der Waals surface area contributed by atoms with E-state index in [1.54, 1.807) is 37.3 Å². The minimum atomic E-state index is -0.529. The number of benzene rings is 2. The zero-order chi connectivity index (χ0) is 19.2. The molecule has 0 aliphatic carbocycles. The molecule has 2 aromatic rings. The smallest absolute Gasteiger partial charge is 0.363 e. The average Bonchev–Trinajstić information content (AvgIpc) is 3.01. The number of carbonyl (C=O) groups excluding carboxylic acids is 2. The van der Waals surface area contributed by atoms with Gasteiger partial charge in [-0.15, -0.1) is 0 Å². The van der Waals surface area contributed by atoms with Gasteiger partial charge in [0.1, 0.15) is 5.75 Å². The Morgan fingerprint density at radius 3 is 2.81 bits per heavy atom. The molecule has 7 heteroatoms. The first-order valence-electron chi connectivity index (χ1n) is 8.23. The predicted octanol–water partition coefficient (Wildman–Crippen LogP) is 3.74. The van der Waals surface area contributed by atoms with E-state index >= 15 is 0 Å². The Balaban J connectivity index is 1.78. The van der Waals surface area contributed by atoms with E-state index in [2.05, 4.69) is 20.9 Å². The monoisotopic (exact) mass is 429 g/mol. The molecule has 0 fully saturated rings. The highest BCUT2D eigenvalue weighted by Crippen LogP contribution is 2.24. The van der Waals surface area contributed by atoms with Crippen LogP contribution in [0.4, 0.5) is 0 Å². The number of ether oxygens (including phenoxy) is 3. The molecular weight excluding hydrogens is 414 g/mol. The van der Waals surface area contributed by atoms with Crippen molar-refractivity contribution in [1.82, 2.24) is 0 Å². The summed E-state index contributed by atoms with van der Waals surface area (Å²) >= 11 is 3.42. The second-order valence-electron chi connectivity index (χ2n) is 5.48. The van der Waals surface area contributed by atoms with Crippen LogP contribution in [0.2, 0.25) is 0 Å². The van der Waals surface area contributed by atoms with Crippen LogP contribution in [-0.4, -0.2) is 31.1 Å². The lowest BCUT2D eigenvalue weighted by Gasteiger charge is -2.06. The molecule has 0 N–H and O–H groups in total. The third-order valence-corrected chi connectivity index (χ3v) is 4.24. The number of halogens is 1.